The minimum absolute atomic E-state index is 0.105. The molecule has 0 unspecified atom stereocenters. The van der Waals surface area contributed by atoms with Crippen LogP contribution in [0.15, 0.2) is 41.3 Å². The minimum Gasteiger partial charge on any atom is -0.308 e. The summed E-state index contributed by atoms with van der Waals surface area (Å²) in [7, 11) is 0. The average molecular weight is 337 g/mol. The van der Waals surface area contributed by atoms with Gasteiger partial charge in [-0.3, -0.25) is 4.79 Å². The van der Waals surface area contributed by atoms with Gasteiger partial charge in [0.1, 0.15) is 11.0 Å². The van der Waals surface area contributed by atoms with Crippen molar-refractivity contribution in [1.29, 1.82) is 0 Å². The fourth-order valence-electron chi connectivity index (χ4n) is 2.50. The maximum atomic E-state index is 14.1. The molecule has 0 spiro atoms. The molecule has 112 valence electrons. The first-order valence-electron chi connectivity index (χ1n) is 6.66. The molecule has 0 aliphatic heterocycles. The van der Waals surface area contributed by atoms with E-state index in [1.54, 1.807) is 24.4 Å². The van der Waals surface area contributed by atoms with Gasteiger partial charge in [-0.05, 0) is 31.2 Å². The molecule has 3 rings (SSSR count). The number of pyridine rings is 2. The zero-order valence-electron chi connectivity index (χ0n) is 11.6. The summed E-state index contributed by atoms with van der Waals surface area (Å²) in [6.45, 7) is 2.26. The Morgan fingerprint density at radius 3 is 2.73 bits per heavy atom. The van der Waals surface area contributed by atoms with E-state index in [0.717, 1.165) is 0 Å². The smallest absolute Gasteiger partial charge is 0.259 e. The summed E-state index contributed by atoms with van der Waals surface area (Å²) in [5.41, 5.74) is 0.655. The molecule has 0 N–H and O–H groups in total. The van der Waals surface area contributed by atoms with Gasteiger partial charge in [-0.2, -0.15) is 0 Å². The number of fused-ring (bicyclic) bond motifs is 1. The molecular formula is C16H11Cl2FN2O. The van der Waals surface area contributed by atoms with Crippen molar-refractivity contribution in [3.05, 3.63) is 62.9 Å². The number of hydrogen-bond acceptors (Lipinski definition) is 2. The second-order valence-corrected chi connectivity index (χ2v) is 5.56. The Bertz CT molecular complexity index is 917. The molecule has 22 heavy (non-hydrogen) atoms. The van der Waals surface area contributed by atoms with Gasteiger partial charge in [0, 0.05) is 23.7 Å². The predicted molar refractivity (Wildman–Crippen MR) is 87.1 cm³/mol. The summed E-state index contributed by atoms with van der Waals surface area (Å²) in [6.07, 6.45) is 1.56. The monoisotopic (exact) mass is 336 g/mol. The molecule has 1 aromatic carbocycles. The van der Waals surface area contributed by atoms with Crippen molar-refractivity contribution < 1.29 is 4.39 Å². The van der Waals surface area contributed by atoms with E-state index < -0.39 is 5.82 Å². The van der Waals surface area contributed by atoms with Crippen LogP contribution in [-0.2, 0) is 6.54 Å². The number of rotatable bonds is 2. The van der Waals surface area contributed by atoms with E-state index >= 15 is 0 Å². The Labute approximate surface area is 135 Å². The first kappa shape index (κ1) is 15.0. The molecule has 0 atom stereocenters. The van der Waals surface area contributed by atoms with Gasteiger partial charge in [0.25, 0.3) is 5.56 Å². The SMILES string of the molecule is CCn1c(=O)c(-c2c(F)cccc2Cl)cc2cnc(Cl)cc21. The Kier molecular flexibility index (Phi) is 3.89. The standard InChI is InChI=1S/C16H11Cl2FN2O/c1-2-21-13-7-14(18)20-8-9(13)6-10(16(21)22)15-11(17)4-3-5-12(15)19/h3-8H,2H2,1H3. The van der Waals surface area contributed by atoms with Crippen LogP contribution in [0.5, 0.6) is 0 Å². The molecule has 6 heteroatoms. The molecule has 0 aliphatic carbocycles. The van der Waals surface area contributed by atoms with E-state index in [-0.39, 0.29) is 21.7 Å². The van der Waals surface area contributed by atoms with E-state index in [0.29, 0.717) is 22.6 Å². The van der Waals surface area contributed by atoms with E-state index in [1.165, 1.54) is 16.7 Å². The van der Waals surface area contributed by atoms with Crippen LogP contribution in [0.2, 0.25) is 10.2 Å². The van der Waals surface area contributed by atoms with E-state index in [2.05, 4.69) is 4.98 Å². The maximum Gasteiger partial charge on any atom is 0.259 e. The van der Waals surface area contributed by atoms with Gasteiger partial charge < -0.3 is 4.57 Å². The number of hydrogen-bond donors (Lipinski definition) is 0. The van der Waals surface area contributed by atoms with Crippen LogP contribution < -0.4 is 5.56 Å². The lowest BCUT2D eigenvalue weighted by Gasteiger charge is -2.12. The van der Waals surface area contributed by atoms with Crippen LogP contribution >= 0.6 is 23.2 Å². The van der Waals surface area contributed by atoms with Gasteiger partial charge >= 0.3 is 0 Å². The molecule has 0 radical (unpaired) electrons. The molecule has 2 aromatic heterocycles. The molecule has 0 saturated carbocycles. The van der Waals surface area contributed by atoms with Crippen LogP contribution in [0, 0.1) is 5.82 Å². The normalized spacial score (nSPS) is 11.1. The largest absolute Gasteiger partial charge is 0.308 e. The van der Waals surface area contributed by atoms with Gasteiger partial charge in [0.15, 0.2) is 0 Å². The highest BCUT2D eigenvalue weighted by molar-refractivity contribution is 6.33. The number of aryl methyl sites for hydroxylation is 1. The molecule has 0 aliphatic rings. The zero-order chi connectivity index (χ0) is 15.9. The van der Waals surface area contributed by atoms with Crippen LogP contribution in [0.3, 0.4) is 0 Å². The van der Waals surface area contributed by atoms with E-state index in [1.807, 2.05) is 6.92 Å². The summed E-state index contributed by atoms with van der Waals surface area (Å²) < 4.78 is 15.7. The Balaban J connectivity index is 2.44. The van der Waals surface area contributed by atoms with E-state index in [4.69, 9.17) is 23.2 Å². The predicted octanol–water partition coefficient (Wildman–Crippen LogP) is 4.53. The van der Waals surface area contributed by atoms with Crippen LogP contribution in [0.4, 0.5) is 4.39 Å². The van der Waals surface area contributed by atoms with Crippen molar-refractivity contribution in [2.45, 2.75) is 13.5 Å². The number of benzene rings is 1. The van der Waals surface area contributed by atoms with Gasteiger partial charge in [-0.1, -0.05) is 29.3 Å². The van der Waals surface area contributed by atoms with E-state index in [9.17, 15) is 9.18 Å². The maximum absolute atomic E-state index is 14.1. The van der Waals surface area contributed by atoms with Gasteiger partial charge in [0.2, 0.25) is 0 Å². The molecule has 0 amide bonds. The lowest BCUT2D eigenvalue weighted by molar-refractivity contribution is 0.630. The van der Waals surface area contributed by atoms with Crippen molar-refractivity contribution in [3.8, 4) is 11.1 Å². The lowest BCUT2D eigenvalue weighted by Crippen LogP contribution is -2.21. The second kappa shape index (κ2) is 5.71. The summed E-state index contributed by atoms with van der Waals surface area (Å²) in [6, 6.07) is 7.55. The fraction of sp³-hybridized carbons (Fsp3) is 0.125. The lowest BCUT2D eigenvalue weighted by atomic mass is 10.0. The summed E-state index contributed by atoms with van der Waals surface area (Å²) in [5, 5.41) is 1.19. The molecule has 2 heterocycles. The Morgan fingerprint density at radius 1 is 1.27 bits per heavy atom. The first-order chi connectivity index (χ1) is 10.5. The third-order valence-electron chi connectivity index (χ3n) is 3.49. The number of aromatic nitrogens is 2. The number of nitrogens with zero attached hydrogens (tertiary/aromatic N) is 2. The highest BCUT2D eigenvalue weighted by Gasteiger charge is 2.16. The molecule has 3 aromatic rings. The quantitative estimate of drug-likeness (QED) is 0.644. The summed E-state index contributed by atoms with van der Waals surface area (Å²) in [4.78, 5) is 16.7. The average Bonchev–Trinajstić information content (AvgIpc) is 2.48. The van der Waals surface area contributed by atoms with Crippen molar-refractivity contribution in [2.24, 2.45) is 0 Å². The third-order valence-corrected chi connectivity index (χ3v) is 4.01. The molecular weight excluding hydrogens is 326 g/mol. The molecule has 3 nitrogen and oxygen atoms in total. The fourth-order valence-corrected chi connectivity index (χ4v) is 2.91. The van der Waals surface area contributed by atoms with Crippen molar-refractivity contribution in [3.63, 3.8) is 0 Å². The molecule has 0 bridgehead atoms. The topological polar surface area (TPSA) is 34.9 Å². The van der Waals surface area contributed by atoms with Crippen molar-refractivity contribution in [1.82, 2.24) is 9.55 Å². The third kappa shape index (κ3) is 2.38. The Hall–Kier alpha value is -1.91. The zero-order valence-corrected chi connectivity index (χ0v) is 13.1. The second-order valence-electron chi connectivity index (χ2n) is 4.77. The van der Waals surface area contributed by atoms with Crippen LogP contribution in [0.1, 0.15) is 6.92 Å². The van der Waals surface area contributed by atoms with Crippen molar-refractivity contribution >= 4 is 34.1 Å². The number of halogens is 3. The first-order valence-corrected chi connectivity index (χ1v) is 7.42. The Morgan fingerprint density at radius 2 is 2.05 bits per heavy atom. The van der Waals surface area contributed by atoms with Crippen LogP contribution in [0.25, 0.3) is 22.0 Å². The summed E-state index contributed by atoms with van der Waals surface area (Å²) >= 11 is 12.0. The summed E-state index contributed by atoms with van der Waals surface area (Å²) in [5.74, 6) is -0.534. The highest BCUT2D eigenvalue weighted by atomic mass is 35.5. The molecule has 0 fully saturated rings. The highest BCUT2D eigenvalue weighted by Crippen LogP contribution is 2.30. The van der Waals surface area contributed by atoms with Crippen molar-refractivity contribution in [2.75, 3.05) is 0 Å². The molecule has 0 saturated heterocycles. The minimum atomic E-state index is -0.534. The van der Waals surface area contributed by atoms with Gasteiger partial charge in [-0.25, -0.2) is 9.37 Å². The van der Waals surface area contributed by atoms with Crippen LogP contribution in [-0.4, -0.2) is 9.55 Å². The van der Waals surface area contributed by atoms with Gasteiger partial charge in [0.05, 0.1) is 16.1 Å². The van der Waals surface area contributed by atoms with Gasteiger partial charge in [-0.15, -0.1) is 0 Å².